The minimum absolute atomic E-state index is 0.207. The summed E-state index contributed by atoms with van der Waals surface area (Å²) >= 11 is 0. The highest BCUT2D eigenvalue weighted by Gasteiger charge is 2.44. The van der Waals surface area contributed by atoms with Gasteiger partial charge in [-0.05, 0) is 41.5 Å². The molecule has 1 aliphatic rings. The first kappa shape index (κ1) is 14.5. The normalized spacial score (nSPS) is 30.5. The van der Waals surface area contributed by atoms with Crippen LogP contribution in [0.1, 0.15) is 48.5 Å². The Balaban J connectivity index is 2.79. The standard InChI is InChI=1S/C13H25NO3/c1-9-11(17-13(5,6)7)10(8-14(9)15)16-12(2,3)4/h8-11H,1-7H3/t9-,10-,11-/m1/s1. The summed E-state index contributed by atoms with van der Waals surface area (Å²) in [5, 5.41) is 11.7. The lowest BCUT2D eigenvalue weighted by Crippen LogP contribution is -2.44. The number of ether oxygens (including phenoxy) is 2. The molecule has 0 N–H and O–H groups in total. The Morgan fingerprint density at radius 1 is 1.00 bits per heavy atom. The molecule has 1 aliphatic heterocycles. The van der Waals surface area contributed by atoms with Crippen LogP contribution in [-0.4, -0.2) is 40.4 Å². The lowest BCUT2D eigenvalue weighted by atomic mass is 10.1. The van der Waals surface area contributed by atoms with Crippen LogP contribution in [0, 0.1) is 5.21 Å². The summed E-state index contributed by atoms with van der Waals surface area (Å²) in [4.78, 5) is 0. The van der Waals surface area contributed by atoms with Crippen LogP contribution < -0.4 is 0 Å². The molecule has 0 bridgehead atoms. The lowest BCUT2D eigenvalue weighted by molar-refractivity contribution is -0.495. The maximum absolute atomic E-state index is 11.7. The van der Waals surface area contributed by atoms with Gasteiger partial charge in [0, 0.05) is 6.92 Å². The van der Waals surface area contributed by atoms with Crippen molar-refractivity contribution in [3.05, 3.63) is 5.21 Å². The zero-order valence-corrected chi connectivity index (χ0v) is 12.0. The van der Waals surface area contributed by atoms with Gasteiger partial charge in [0.2, 0.25) is 0 Å². The van der Waals surface area contributed by atoms with E-state index in [0.717, 1.165) is 4.74 Å². The number of rotatable bonds is 2. The third-order valence-electron chi connectivity index (χ3n) is 2.47. The fourth-order valence-electron chi connectivity index (χ4n) is 1.86. The van der Waals surface area contributed by atoms with Gasteiger partial charge in [-0.2, -0.15) is 0 Å². The van der Waals surface area contributed by atoms with Gasteiger partial charge in [-0.25, -0.2) is 4.74 Å². The summed E-state index contributed by atoms with van der Waals surface area (Å²) in [6.45, 7) is 13.8. The van der Waals surface area contributed by atoms with Gasteiger partial charge in [0.15, 0.2) is 24.5 Å². The molecule has 4 nitrogen and oxygen atoms in total. The molecule has 0 aromatic heterocycles. The first-order valence-corrected chi connectivity index (χ1v) is 6.16. The molecule has 3 atom stereocenters. The Labute approximate surface area is 104 Å². The number of hydroxylamine groups is 1. The highest BCUT2D eigenvalue weighted by molar-refractivity contribution is 5.61. The highest BCUT2D eigenvalue weighted by atomic mass is 16.6. The second kappa shape index (κ2) is 4.58. The number of hydrogen-bond acceptors (Lipinski definition) is 3. The second-order valence-corrected chi connectivity index (χ2v) is 6.64. The molecule has 0 aromatic carbocycles. The Bertz CT molecular complexity index is 299. The molecule has 17 heavy (non-hydrogen) atoms. The number of nitrogens with zero attached hydrogens (tertiary/aromatic N) is 1. The van der Waals surface area contributed by atoms with E-state index in [2.05, 4.69) is 0 Å². The minimum atomic E-state index is -0.286. The van der Waals surface area contributed by atoms with E-state index < -0.39 is 0 Å². The van der Waals surface area contributed by atoms with Crippen molar-refractivity contribution in [1.82, 2.24) is 0 Å². The van der Waals surface area contributed by atoms with Crippen molar-refractivity contribution in [3.63, 3.8) is 0 Å². The Morgan fingerprint density at radius 3 is 1.88 bits per heavy atom. The van der Waals surface area contributed by atoms with Crippen molar-refractivity contribution in [2.75, 3.05) is 0 Å². The molecule has 0 spiro atoms. The van der Waals surface area contributed by atoms with Crippen LogP contribution in [0.2, 0.25) is 0 Å². The zero-order valence-electron chi connectivity index (χ0n) is 12.0. The van der Waals surface area contributed by atoms with E-state index in [-0.39, 0.29) is 29.5 Å². The van der Waals surface area contributed by atoms with Crippen LogP contribution in [-0.2, 0) is 9.47 Å². The quantitative estimate of drug-likeness (QED) is 0.552. The van der Waals surface area contributed by atoms with Gasteiger partial charge in [-0.3, -0.25) is 0 Å². The van der Waals surface area contributed by atoms with Gasteiger partial charge in [0.05, 0.1) is 11.2 Å². The average molecular weight is 243 g/mol. The van der Waals surface area contributed by atoms with E-state index in [1.165, 1.54) is 0 Å². The van der Waals surface area contributed by atoms with Crippen LogP contribution in [0.4, 0.5) is 0 Å². The van der Waals surface area contributed by atoms with E-state index >= 15 is 0 Å². The zero-order chi connectivity index (χ0) is 13.4. The highest BCUT2D eigenvalue weighted by Crippen LogP contribution is 2.25. The molecule has 0 saturated heterocycles. The largest absolute Gasteiger partial charge is 0.624 e. The van der Waals surface area contributed by atoms with Gasteiger partial charge in [0.1, 0.15) is 0 Å². The van der Waals surface area contributed by atoms with Crippen LogP contribution in [0.15, 0.2) is 0 Å². The summed E-state index contributed by atoms with van der Waals surface area (Å²) < 4.78 is 12.8. The van der Waals surface area contributed by atoms with Crippen molar-refractivity contribution in [3.8, 4) is 0 Å². The maximum Gasteiger partial charge on any atom is 0.189 e. The Kier molecular flexibility index (Phi) is 3.89. The summed E-state index contributed by atoms with van der Waals surface area (Å²) in [5.74, 6) is 0. The molecular formula is C13H25NO3. The molecule has 0 radical (unpaired) electrons. The van der Waals surface area contributed by atoms with Gasteiger partial charge in [-0.1, -0.05) is 0 Å². The minimum Gasteiger partial charge on any atom is -0.624 e. The van der Waals surface area contributed by atoms with E-state index in [1.807, 2.05) is 48.5 Å². The van der Waals surface area contributed by atoms with Crippen molar-refractivity contribution in [2.24, 2.45) is 0 Å². The Hall–Kier alpha value is -0.610. The van der Waals surface area contributed by atoms with Crippen molar-refractivity contribution in [2.45, 2.75) is 77.9 Å². The molecule has 0 saturated carbocycles. The third-order valence-corrected chi connectivity index (χ3v) is 2.47. The summed E-state index contributed by atoms with van der Waals surface area (Å²) in [6, 6.07) is -0.207. The SMILES string of the molecule is C[C@@H]1[C@@H](OC(C)(C)C)[C@H](OC(C)(C)C)C=[N+]1[O-]. The van der Waals surface area contributed by atoms with Crippen molar-refractivity contribution in [1.29, 1.82) is 0 Å². The number of hydrogen-bond donors (Lipinski definition) is 0. The third kappa shape index (κ3) is 4.28. The summed E-state index contributed by atoms with van der Waals surface area (Å²) in [5.41, 5.74) is -0.566. The van der Waals surface area contributed by atoms with Crippen molar-refractivity contribution < 1.29 is 14.2 Å². The van der Waals surface area contributed by atoms with Gasteiger partial charge in [0.25, 0.3) is 0 Å². The second-order valence-electron chi connectivity index (χ2n) is 6.64. The smallest absolute Gasteiger partial charge is 0.189 e. The molecule has 0 aliphatic carbocycles. The average Bonchev–Trinajstić information content (AvgIpc) is 2.27. The molecule has 0 amide bonds. The fraction of sp³-hybridized carbons (Fsp3) is 0.923. The van der Waals surface area contributed by atoms with Crippen LogP contribution in [0.25, 0.3) is 0 Å². The first-order chi connectivity index (χ1) is 7.49. The molecule has 0 aromatic rings. The Morgan fingerprint density at radius 2 is 1.47 bits per heavy atom. The molecule has 0 fully saturated rings. The monoisotopic (exact) mass is 243 g/mol. The predicted molar refractivity (Wildman–Crippen MR) is 68.4 cm³/mol. The molecule has 1 heterocycles. The van der Waals surface area contributed by atoms with Crippen LogP contribution >= 0.6 is 0 Å². The lowest BCUT2D eigenvalue weighted by Gasteiger charge is -2.31. The van der Waals surface area contributed by atoms with E-state index in [1.54, 1.807) is 6.21 Å². The molecule has 0 unspecified atom stereocenters. The van der Waals surface area contributed by atoms with E-state index in [9.17, 15) is 5.21 Å². The maximum atomic E-state index is 11.7. The van der Waals surface area contributed by atoms with Gasteiger partial charge in [-0.15, -0.1) is 0 Å². The predicted octanol–water partition coefficient (Wildman–Crippen LogP) is 2.34. The molecular weight excluding hydrogens is 218 g/mol. The van der Waals surface area contributed by atoms with Gasteiger partial charge >= 0.3 is 0 Å². The topological polar surface area (TPSA) is 44.5 Å². The van der Waals surface area contributed by atoms with Crippen LogP contribution in [0.5, 0.6) is 0 Å². The summed E-state index contributed by atoms with van der Waals surface area (Å²) in [7, 11) is 0. The van der Waals surface area contributed by atoms with E-state index in [4.69, 9.17) is 9.47 Å². The molecule has 100 valence electrons. The fourth-order valence-corrected chi connectivity index (χ4v) is 1.86. The molecule has 4 heteroatoms. The van der Waals surface area contributed by atoms with Gasteiger partial charge < -0.3 is 14.7 Å². The van der Waals surface area contributed by atoms with Crippen molar-refractivity contribution >= 4 is 6.21 Å². The molecule has 1 rings (SSSR count). The summed E-state index contributed by atoms with van der Waals surface area (Å²) in [6.07, 6.45) is 1.08. The van der Waals surface area contributed by atoms with Crippen LogP contribution in [0.3, 0.4) is 0 Å². The first-order valence-electron chi connectivity index (χ1n) is 6.16. The van der Waals surface area contributed by atoms with E-state index in [0.29, 0.717) is 0 Å².